The molecule has 1 atom stereocenters. The number of hydrogen-bond acceptors (Lipinski definition) is 4. The van der Waals surface area contributed by atoms with Crippen LogP contribution >= 0.6 is 0 Å². The molecule has 0 spiro atoms. The van der Waals surface area contributed by atoms with E-state index in [0.29, 0.717) is 11.4 Å². The van der Waals surface area contributed by atoms with Crippen molar-refractivity contribution < 1.29 is 13.2 Å². The van der Waals surface area contributed by atoms with E-state index in [1.54, 1.807) is 25.1 Å². The van der Waals surface area contributed by atoms with Crippen LogP contribution in [0.15, 0.2) is 39.7 Å². The van der Waals surface area contributed by atoms with Crippen molar-refractivity contribution in [1.82, 2.24) is 0 Å². The largest absolute Gasteiger partial charge is 0.387 e. The zero-order chi connectivity index (χ0) is 14.2. The molecule has 1 aromatic carbocycles. The van der Waals surface area contributed by atoms with Gasteiger partial charge in [-0.15, -0.1) is 0 Å². The van der Waals surface area contributed by atoms with Crippen LogP contribution in [-0.4, -0.2) is 26.4 Å². The lowest BCUT2D eigenvalue weighted by atomic mass is 10.00. The van der Waals surface area contributed by atoms with Gasteiger partial charge in [0.05, 0.1) is 4.90 Å². The molecule has 0 bridgehead atoms. The fourth-order valence-corrected chi connectivity index (χ4v) is 2.43. The molecule has 0 aromatic heterocycles. The number of amidine groups is 1. The Hall–Kier alpha value is -1.95. The van der Waals surface area contributed by atoms with E-state index in [9.17, 15) is 13.2 Å². The topological polar surface area (TPSA) is 89.6 Å². The molecule has 1 heterocycles. The van der Waals surface area contributed by atoms with E-state index in [4.69, 9.17) is 5.73 Å². The molecular formula is C13H14N2O3S. The lowest BCUT2D eigenvalue weighted by Crippen LogP contribution is -2.17. The highest BCUT2D eigenvalue weighted by molar-refractivity contribution is 7.90. The van der Waals surface area contributed by atoms with Crippen molar-refractivity contribution in [1.29, 1.82) is 0 Å². The second-order valence-electron chi connectivity index (χ2n) is 4.50. The zero-order valence-electron chi connectivity index (χ0n) is 10.6. The first-order valence-corrected chi connectivity index (χ1v) is 7.58. The number of nitrogens with two attached hydrogens (primary N) is 1. The van der Waals surface area contributed by atoms with Gasteiger partial charge in [0.2, 0.25) is 0 Å². The van der Waals surface area contributed by atoms with Gasteiger partial charge in [-0.2, -0.15) is 4.99 Å². The number of nitrogens with zero attached hydrogens (tertiary/aromatic N) is 1. The quantitative estimate of drug-likeness (QED) is 0.817. The van der Waals surface area contributed by atoms with Gasteiger partial charge in [-0.25, -0.2) is 8.42 Å². The van der Waals surface area contributed by atoms with E-state index in [1.807, 2.05) is 0 Å². The van der Waals surface area contributed by atoms with Gasteiger partial charge in [0.15, 0.2) is 9.84 Å². The van der Waals surface area contributed by atoms with Gasteiger partial charge in [0, 0.05) is 17.7 Å². The van der Waals surface area contributed by atoms with Crippen molar-refractivity contribution in [2.24, 2.45) is 16.6 Å². The van der Waals surface area contributed by atoms with Crippen LogP contribution in [-0.2, 0) is 14.6 Å². The third-order valence-corrected chi connectivity index (χ3v) is 4.15. The van der Waals surface area contributed by atoms with E-state index in [-0.39, 0.29) is 16.7 Å². The molecule has 1 amide bonds. The molecule has 19 heavy (non-hydrogen) atoms. The maximum absolute atomic E-state index is 11.6. The number of aliphatic imine (C=N–C) groups is 1. The third kappa shape index (κ3) is 2.73. The van der Waals surface area contributed by atoms with Crippen molar-refractivity contribution in [3.63, 3.8) is 0 Å². The summed E-state index contributed by atoms with van der Waals surface area (Å²) in [7, 11) is -3.21. The minimum Gasteiger partial charge on any atom is -0.387 e. The fraction of sp³-hybridized carbons (Fsp3) is 0.231. The van der Waals surface area contributed by atoms with Crippen LogP contribution in [0.5, 0.6) is 0 Å². The molecule has 2 rings (SSSR count). The lowest BCUT2D eigenvalue weighted by molar-refractivity contribution is -0.114. The third-order valence-electron chi connectivity index (χ3n) is 3.02. The smallest absolute Gasteiger partial charge is 0.275 e. The van der Waals surface area contributed by atoms with Crippen molar-refractivity contribution in [3.05, 3.63) is 35.4 Å². The highest BCUT2D eigenvalue weighted by Crippen LogP contribution is 2.23. The predicted molar refractivity (Wildman–Crippen MR) is 73.3 cm³/mol. The molecule has 5 nitrogen and oxygen atoms in total. The Morgan fingerprint density at radius 1 is 1.26 bits per heavy atom. The van der Waals surface area contributed by atoms with Crippen LogP contribution < -0.4 is 5.73 Å². The number of hydrogen-bond donors (Lipinski definition) is 1. The molecule has 1 aromatic rings. The number of carbonyl (C=O) groups excluding carboxylic acids is 1. The van der Waals surface area contributed by atoms with E-state index < -0.39 is 9.84 Å². The van der Waals surface area contributed by atoms with Crippen molar-refractivity contribution >= 4 is 27.7 Å². The number of benzene rings is 1. The number of amides is 1. The maximum Gasteiger partial charge on any atom is 0.275 e. The Bertz CT molecular complexity index is 685. The van der Waals surface area contributed by atoms with Crippen molar-refractivity contribution in [2.75, 3.05) is 6.26 Å². The second-order valence-corrected chi connectivity index (χ2v) is 6.52. The number of sulfone groups is 1. The van der Waals surface area contributed by atoms with Crippen LogP contribution in [0.25, 0.3) is 6.08 Å². The molecule has 0 fully saturated rings. The summed E-state index contributed by atoms with van der Waals surface area (Å²) in [6.45, 7) is 1.81. The van der Waals surface area contributed by atoms with Crippen molar-refractivity contribution in [2.45, 2.75) is 11.8 Å². The van der Waals surface area contributed by atoms with Crippen LogP contribution in [0.2, 0.25) is 0 Å². The molecule has 0 aliphatic carbocycles. The highest BCUT2D eigenvalue weighted by atomic mass is 32.2. The first-order chi connectivity index (χ1) is 8.79. The normalized spacial score (nSPS) is 21.8. The second kappa shape index (κ2) is 4.62. The predicted octanol–water partition coefficient (Wildman–Crippen LogP) is 1.01. The van der Waals surface area contributed by atoms with E-state index in [1.165, 1.54) is 12.1 Å². The SMILES string of the molecule is C[C@H]1C(N)=NC(=O)/C1=C\c1ccc(S(C)(=O)=O)cc1. The molecule has 6 heteroatoms. The number of rotatable bonds is 2. The summed E-state index contributed by atoms with van der Waals surface area (Å²) < 4.78 is 22.7. The average Bonchev–Trinajstić information content (AvgIpc) is 2.56. The molecule has 1 aliphatic heterocycles. The van der Waals surface area contributed by atoms with Gasteiger partial charge in [-0.05, 0) is 23.8 Å². The Morgan fingerprint density at radius 2 is 1.84 bits per heavy atom. The lowest BCUT2D eigenvalue weighted by Gasteiger charge is -2.04. The number of carbonyl (C=O) groups is 1. The zero-order valence-corrected chi connectivity index (χ0v) is 11.4. The van der Waals surface area contributed by atoms with Crippen LogP contribution in [0, 0.1) is 5.92 Å². The Balaban J connectivity index is 2.33. The summed E-state index contributed by atoms with van der Waals surface area (Å²) in [5.41, 5.74) is 6.86. The highest BCUT2D eigenvalue weighted by Gasteiger charge is 2.26. The standard InChI is InChI=1S/C13H14N2O3S/c1-8-11(13(16)15-12(8)14)7-9-3-5-10(6-4-9)19(2,17)18/h3-8H,1-2H3,(H2,14,15,16)/b11-7-/t8-/m1/s1. The minimum atomic E-state index is -3.21. The Kier molecular flexibility index (Phi) is 3.28. The summed E-state index contributed by atoms with van der Waals surface area (Å²) in [4.78, 5) is 15.5. The van der Waals surface area contributed by atoms with Gasteiger partial charge in [0.25, 0.3) is 5.91 Å². The first kappa shape index (κ1) is 13.5. The summed E-state index contributed by atoms with van der Waals surface area (Å²) in [5.74, 6) is -0.233. The molecule has 0 unspecified atom stereocenters. The maximum atomic E-state index is 11.6. The van der Waals surface area contributed by atoms with Gasteiger partial charge in [0.1, 0.15) is 5.84 Å². The van der Waals surface area contributed by atoms with E-state index in [0.717, 1.165) is 11.8 Å². The van der Waals surface area contributed by atoms with Crippen LogP contribution in [0.3, 0.4) is 0 Å². The summed E-state index contributed by atoms with van der Waals surface area (Å²) >= 11 is 0. The van der Waals surface area contributed by atoms with Gasteiger partial charge < -0.3 is 5.73 Å². The molecule has 2 N–H and O–H groups in total. The molecule has 1 aliphatic rings. The van der Waals surface area contributed by atoms with E-state index >= 15 is 0 Å². The van der Waals surface area contributed by atoms with Crippen LogP contribution in [0.1, 0.15) is 12.5 Å². The molecule has 0 radical (unpaired) electrons. The van der Waals surface area contributed by atoms with Crippen molar-refractivity contribution in [3.8, 4) is 0 Å². The molecule has 0 saturated heterocycles. The summed E-state index contributed by atoms with van der Waals surface area (Å²) in [5, 5.41) is 0. The average molecular weight is 278 g/mol. The summed E-state index contributed by atoms with van der Waals surface area (Å²) in [6.07, 6.45) is 2.83. The van der Waals surface area contributed by atoms with Gasteiger partial charge in [-0.1, -0.05) is 19.1 Å². The monoisotopic (exact) mass is 278 g/mol. The first-order valence-electron chi connectivity index (χ1n) is 5.69. The minimum absolute atomic E-state index is 0.206. The summed E-state index contributed by atoms with van der Waals surface area (Å²) in [6, 6.07) is 6.32. The fourth-order valence-electron chi connectivity index (χ4n) is 1.80. The molecule has 100 valence electrons. The van der Waals surface area contributed by atoms with E-state index in [2.05, 4.69) is 4.99 Å². The van der Waals surface area contributed by atoms with Gasteiger partial charge in [-0.3, -0.25) is 4.79 Å². The van der Waals surface area contributed by atoms with Gasteiger partial charge >= 0.3 is 0 Å². The van der Waals surface area contributed by atoms with Crippen LogP contribution in [0.4, 0.5) is 0 Å². The molecular weight excluding hydrogens is 264 g/mol. The molecule has 0 saturated carbocycles. The Morgan fingerprint density at radius 3 is 2.26 bits per heavy atom. The Labute approximate surface area is 111 Å².